The second-order valence-corrected chi connectivity index (χ2v) is 5.78. The number of aromatic amines is 1. The fourth-order valence-corrected chi connectivity index (χ4v) is 2.77. The van der Waals surface area contributed by atoms with Gasteiger partial charge in [0.15, 0.2) is 5.96 Å². The molecule has 4 N–H and O–H groups in total. The second kappa shape index (κ2) is 8.47. The Bertz CT molecular complexity index is 613. The Hall–Kier alpha value is -1.97. The van der Waals surface area contributed by atoms with Crippen molar-refractivity contribution in [3.05, 3.63) is 35.5 Å². The number of H-pyrrole nitrogens is 1. The van der Waals surface area contributed by atoms with Crippen LogP contribution in [0.25, 0.3) is 10.9 Å². The number of aromatic nitrogens is 1. The van der Waals surface area contributed by atoms with E-state index in [0.717, 1.165) is 25.9 Å². The zero-order chi connectivity index (χ0) is 15.8. The lowest BCUT2D eigenvalue weighted by molar-refractivity contribution is 0.673. The normalized spacial score (nSPS) is 12.0. The van der Waals surface area contributed by atoms with Gasteiger partial charge in [0.25, 0.3) is 0 Å². The summed E-state index contributed by atoms with van der Waals surface area (Å²) >= 11 is 0. The molecule has 120 valence electrons. The lowest BCUT2D eigenvalue weighted by atomic mass is 10.1. The van der Waals surface area contributed by atoms with Gasteiger partial charge >= 0.3 is 0 Å². The van der Waals surface area contributed by atoms with E-state index in [1.807, 2.05) is 0 Å². The van der Waals surface area contributed by atoms with Gasteiger partial charge in [0.1, 0.15) is 0 Å². The van der Waals surface area contributed by atoms with E-state index in [4.69, 9.17) is 5.73 Å². The van der Waals surface area contributed by atoms with Crippen molar-refractivity contribution in [1.82, 2.24) is 10.3 Å². The van der Waals surface area contributed by atoms with Crippen LogP contribution in [-0.4, -0.2) is 24.0 Å². The molecule has 0 radical (unpaired) electrons. The standard InChI is InChI=1S/C18H28N4/c1-3-4-5-8-12-20-18(19)21-13-11-15-14(2)22-17-10-7-6-9-16(15)17/h6-7,9-10,22H,3-5,8,11-13H2,1-2H3,(H3,19,20,21). The number of hydrogen-bond acceptors (Lipinski definition) is 1. The summed E-state index contributed by atoms with van der Waals surface area (Å²) in [5.74, 6) is 0.564. The third-order valence-electron chi connectivity index (χ3n) is 4.00. The third kappa shape index (κ3) is 4.52. The Kier molecular flexibility index (Phi) is 6.31. The largest absolute Gasteiger partial charge is 0.370 e. The Morgan fingerprint density at radius 1 is 1.23 bits per heavy atom. The third-order valence-corrected chi connectivity index (χ3v) is 4.00. The predicted molar refractivity (Wildman–Crippen MR) is 95.4 cm³/mol. The van der Waals surface area contributed by atoms with E-state index < -0.39 is 0 Å². The predicted octanol–water partition coefficient (Wildman–Crippen LogP) is 3.50. The maximum atomic E-state index is 5.91. The maximum Gasteiger partial charge on any atom is 0.188 e. The summed E-state index contributed by atoms with van der Waals surface area (Å²) < 4.78 is 0. The molecule has 4 nitrogen and oxygen atoms in total. The van der Waals surface area contributed by atoms with Crippen molar-refractivity contribution < 1.29 is 0 Å². The molecule has 0 unspecified atom stereocenters. The molecule has 0 saturated heterocycles. The highest BCUT2D eigenvalue weighted by molar-refractivity contribution is 5.84. The van der Waals surface area contributed by atoms with Crippen LogP contribution in [0.2, 0.25) is 0 Å². The smallest absolute Gasteiger partial charge is 0.188 e. The molecule has 0 bridgehead atoms. The number of aliphatic imine (C=N–C) groups is 1. The number of nitrogens with zero attached hydrogens (tertiary/aromatic N) is 1. The first kappa shape index (κ1) is 16.4. The number of unbranched alkanes of at least 4 members (excludes halogenated alkanes) is 3. The highest BCUT2D eigenvalue weighted by Gasteiger charge is 2.07. The minimum atomic E-state index is 0.564. The Labute approximate surface area is 133 Å². The van der Waals surface area contributed by atoms with E-state index in [1.54, 1.807) is 0 Å². The van der Waals surface area contributed by atoms with E-state index >= 15 is 0 Å². The number of nitrogens with one attached hydrogen (secondary N) is 2. The average Bonchev–Trinajstić information content (AvgIpc) is 2.83. The molecule has 1 heterocycles. The van der Waals surface area contributed by atoms with Gasteiger partial charge in [0.2, 0.25) is 0 Å². The van der Waals surface area contributed by atoms with Crippen molar-refractivity contribution in [1.29, 1.82) is 0 Å². The number of benzene rings is 1. The Morgan fingerprint density at radius 3 is 2.86 bits per heavy atom. The summed E-state index contributed by atoms with van der Waals surface area (Å²) in [4.78, 5) is 7.80. The van der Waals surface area contributed by atoms with Crippen molar-refractivity contribution in [2.24, 2.45) is 10.7 Å². The summed E-state index contributed by atoms with van der Waals surface area (Å²) in [6, 6.07) is 8.42. The molecule has 4 heteroatoms. The molecule has 1 aromatic heterocycles. The molecule has 0 amide bonds. The first-order chi connectivity index (χ1) is 10.7. The van der Waals surface area contributed by atoms with E-state index in [0.29, 0.717) is 5.96 Å². The summed E-state index contributed by atoms with van der Waals surface area (Å²) in [7, 11) is 0. The number of nitrogens with two attached hydrogens (primary N) is 1. The monoisotopic (exact) mass is 300 g/mol. The average molecular weight is 300 g/mol. The molecular weight excluding hydrogens is 272 g/mol. The molecule has 0 spiro atoms. The molecular formula is C18H28N4. The van der Waals surface area contributed by atoms with Gasteiger partial charge in [-0.3, -0.25) is 4.99 Å². The minimum Gasteiger partial charge on any atom is -0.370 e. The van der Waals surface area contributed by atoms with Crippen LogP contribution >= 0.6 is 0 Å². The lowest BCUT2D eigenvalue weighted by Gasteiger charge is -2.06. The minimum absolute atomic E-state index is 0.564. The van der Waals surface area contributed by atoms with Gasteiger partial charge in [-0.25, -0.2) is 0 Å². The maximum absolute atomic E-state index is 5.91. The fourth-order valence-electron chi connectivity index (χ4n) is 2.77. The van der Waals surface area contributed by atoms with Crippen LogP contribution in [0.15, 0.2) is 29.3 Å². The van der Waals surface area contributed by atoms with Gasteiger partial charge in [-0.1, -0.05) is 44.4 Å². The van der Waals surface area contributed by atoms with Crippen molar-refractivity contribution in [2.75, 3.05) is 13.1 Å². The van der Waals surface area contributed by atoms with Gasteiger partial charge in [0, 0.05) is 29.7 Å². The number of para-hydroxylation sites is 1. The highest BCUT2D eigenvalue weighted by atomic mass is 15.1. The molecule has 22 heavy (non-hydrogen) atoms. The van der Waals surface area contributed by atoms with Gasteiger partial charge in [-0.2, -0.15) is 0 Å². The number of guanidine groups is 1. The van der Waals surface area contributed by atoms with Crippen LogP contribution in [0.1, 0.15) is 43.9 Å². The molecule has 2 aromatic rings. The zero-order valence-corrected chi connectivity index (χ0v) is 13.8. The molecule has 0 saturated carbocycles. The van der Waals surface area contributed by atoms with Crippen molar-refractivity contribution in [3.63, 3.8) is 0 Å². The van der Waals surface area contributed by atoms with E-state index in [2.05, 4.69) is 53.4 Å². The van der Waals surface area contributed by atoms with Crippen LogP contribution in [-0.2, 0) is 6.42 Å². The highest BCUT2D eigenvalue weighted by Crippen LogP contribution is 2.21. The second-order valence-electron chi connectivity index (χ2n) is 5.78. The summed E-state index contributed by atoms with van der Waals surface area (Å²) in [6.45, 7) is 5.98. The fraction of sp³-hybridized carbons (Fsp3) is 0.500. The topological polar surface area (TPSA) is 66.2 Å². The zero-order valence-electron chi connectivity index (χ0n) is 13.8. The van der Waals surface area contributed by atoms with Crippen LogP contribution in [0, 0.1) is 6.92 Å². The Morgan fingerprint density at radius 2 is 2.05 bits per heavy atom. The van der Waals surface area contributed by atoms with Gasteiger partial charge in [-0.05, 0) is 31.4 Å². The van der Waals surface area contributed by atoms with E-state index in [9.17, 15) is 0 Å². The van der Waals surface area contributed by atoms with E-state index in [-0.39, 0.29) is 0 Å². The number of hydrogen-bond donors (Lipinski definition) is 3. The van der Waals surface area contributed by atoms with Gasteiger partial charge in [-0.15, -0.1) is 0 Å². The SMILES string of the molecule is CCCCCCN=C(N)NCCc1c(C)[nH]c2ccccc12. The molecule has 0 aliphatic carbocycles. The molecule has 0 fully saturated rings. The number of aryl methyl sites for hydroxylation is 1. The quantitative estimate of drug-likeness (QED) is 0.397. The molecule has 1 aromatic carbocycles. The van der Waals surface area contributed by atoms with Crippen molar-refractivity contribution in [3.8, 4) is 0 Å². The van der Waals surface area contributed by atoms with Gasteiger partial charge < -0.3 is 16.0 Å². The summed E-state index contributed by atoms with van der Waals surface area (Å²) in [5.41, 5.74) is 9.71. The van der Waals surface area contributed by atoms with Crippen molar-refractivity contribution >= 4 is 16.9 Å². The number of fused-ring (bicyclic) bond motifs is 1. The first-order valence-electron chi connectivity index (χ1n) is 8.32. The van der Waals surface area contributed by atoms with Crippen molar-refractivity contribution in [2.45, 2.75) is 46.0 Å². The molecule has 0 aliphatic rings. The van der Waals surface area contributed by atoms with Crippen LogP contribution in [0.4, 0.5) is 0 Å². The Balaban J connectivity index is 1.80. The van der Waals surface area contributed by atoms with Crippen LogP contribution in [0.5, 0.6) is 0 Å². The summed E-state index contributed by atoms with van der Waals surface area (Å²) in [6.07, 6.45) is 5.84. The lowest BCUT2D eigenvalue weighted by Crippen LogP contribution is -2.33. The van der Waals surface area contributed by atoms with Crippen LogP contribution < -0.4 is 11.1 Å². The summed E-state index contributed by atoms with van der Waals surface area (Å²) in [5, 5.41) is 4.52. The molecule has 2 rings (SSSR count). The first-order valence-corrected chi connectivity index (χ1v) is 8.32. The van der Waals surface area contributed by atoms with Gasteiger partial charge in [0.05, 0.1) is 0 Å². The molecule has 0 atom stereocenters. The van der Waals surface area contributed by atoms with Crippen LogP contribution in [0.3, 0.4) is 0 Å². The van der Waals surface area contributed by atoms with E-state index in [1.165, 1.54) is 41.4 Å². The molecule has 0 aliphatic heterocycles. The number of rotatable bonds is 8.